The van der Waals surface area contributed by atoms with Gasteiger partial charge in [-0.3, -0.25) is 14.5 Å². The van der Waals surface area contributed by atoms with Gasteiger partial charge in [0.2, 0.25) is 5.76 Å². The van der Waals surface area contributed by atoms with Gasteiger partial charge in [-0.25, -0.2) is 0 Å². The lowest BCUT2D eigenvalue weighted by Gasteiger charge is -2.24. The Morgan fingerprint density at radius 3 is 2.55 bits per heavy atom. The summed E-state index contributed by atoms with van der Waals surface area (Å²) >= 11 is 12.4. The number of carbonyl (C=O) groups excluding carboxylic acids is 1. The molecule has 1 aliphatic rings. The number of nitrogens with zero attached hydrogens (tertiary/aromatic N) is 2. The van der Waals surface area contributed by atoms with Crippen LogP contribution >= 0.6 is 23.2 Å². The van der Waals surface area contributed by atoms with Crippen LogP contribution in [0.25, 0.3) is 11.0 Å². The summed E-state index contributed by atoms with van der Waals surface area (Å²) in [5.74, 6) is 0.782. The van der Waals surface area contributed by atoms with E-state index in [1.54, 1.807) is 31.2 Å². The Bertz CT molecular complexity index is 1490. The minimum atomic E-state index is -0.930. The number of rotatable bonds is 4. The minimum Gasteiger partial charge on any atom is -0.493 e. The fourth-order valence-corrected chi connectivity index (χ4v) is 4.66. The molecule has 0 radical (unpaired) electrons. The summed E-state index contributed by atoms with van der Waals surface area (Å²) in [5, 5.41) is 4.55. The highest BCUT2D eigenvalue weighted by molar-refractivity contribution is 6.38. The number of ether oxygens (including phenoxy) is 2. The Hall–Kier alpha value is -3.49. The van der Waals surface area contributed by atoms with E-state index in [0.717, 1.165) is 0 Å². The second kappa shape index (κ2) is 7.83. The molecule has 0 spiro atoms. The number of fused-ring (bicyclic) bond motifs is 2. The molecule has 1 atom stereocenters. The van der Waals surface area contributed by atoms with E-state index in [-0.39, 0.29) is 38.2 Å². The maximum atomic E-state index is 13.7. The fraction of sp³-hybridized carbons (Fsp3) is 0.174. The van der Waals surface area contributed by atoms with Gasteiger partial charge in [-0.05, 0) is 25.1 Å². The van der Waals surface area contributed by atoms with E-state index in [2.05, 4.69) is 5.16 Å². The first kappa shape index (κ1) is 21.4. The number of aromatic nitrogens is 1. The van der Waals surface area contributed by atoms with Crippen LogP contribution in [0, 0.1) is 6.92 Å². The highest BCUT2D eigenvalue weighted by Crippen LogP contribution is 2.46. The summed E-state index contributed by atoms with van der Waals surface area (Å²) in [5.41, 5.74) is 0.247. The third kappa shape index (κ3) is 3.17. The monoisotopic (exact) mass is 486 g/mol. The van der Waals surface area contributed by atoms with E-state index in [1.807, 2.05) is 0 Å². The van der Waals surface area contributed by atoms with Gasteiger partial charge in [-0.1, -0.05) is 40.5 Å². The Labute approximate surface area is 197 Å². The predicted molar refractivity (Wildman–Crippen MR) is 122 cm³/mol. The molecule has 0 fully saturated rings. The average molecular weight is 487 g/mol. The van der Waals surface area contributed by atoms with E-state index in [0.29, 0.717) is 22.8 Å². The van der Waals surface area contributed by atoms with Gasteiger partial charge >= 0.3 is 0 Å². The molecule has 0 saturated heterocycles. The molecule has 10 heteroatoms. The van der Waals surface area contributed by atoms with E-state index in [9.17, 15) is 9.59 Å². The first-order chi connectivity index (χ1) is 15.8. The molecule has 0 bridgehead atoms. The van der Waals surface area contributed by atoms with Crippen molar-refractivity contribution in [1.29, 1.82) is 0 Å². The largest absolute Gasteiger partial charge is 0.493 e. The topological polar surface area (TPSA) is 95.0 Å². The van der Waals surface area contributed by atoms with E-state index in [4.69, 9.17) is 41.6 Å². The second-order valence-corrected chi connectivity index (χ2v) is 8.24. The zero-order valence-corrected chi connectivity index (χ0v) is 19.2. The number of halogens is 2. The number of hydrogen-bond donors (Lipinski definition) is 0. The van der Waals surface area contributed by atoms with Crippen molar-refractivity contribution >= 4 is 45.9 Å². The van der Waals surface area contributed by atoms with Gasteiger partial charge in [0.15, 0.2) is 28.3 Å². The predicted octanol–water partition coefficient (Wildman–Crippen LogP) is 5.16. The SMILES string of the molecule is COc1cccc([C@@H]2c3c(oc4c(Cl)cc(Cl)cc4c3=O)C(=O)N2c2cc(C)on2)c1OC. The molecule has 0 unspecified atom stereocenters. The first-order valence-corrected chi connectivity index (χ1v) is 10.5. The van der Waals surface area contributed by atoms with Gasteiger partial charge in [0.25, 0.3) is 5.91 Å². The quantitative estimate of drug-likeness (QED) is 0.392. The Balaban J connectivity index is 1.88. The number of hydrogen-bond acceptors (Lipinski definition) is 7. The number of benzene rings is 2. The van der Waals surface area contributed by atoms with Gasteiger partial charge in [0.1, 0.15) is 11.8 Å². The summed E-state index contributed by atoms with van der Waals surface area (Å²) in [6.45, 7) is 1.70. The molecule has 5 rings (SSSR count). The molecular formula is C23H16Cl2N2O6. The number of amides is 1. The van der Waals surface area contributed by atoms with Crippen LogP contribution in [0.15, 0.2) is 50.1 Å². The Morgan fingerprint density at radius 2 is 1.88 bits per heavy atom. The van der Waals surface area contributed by atoms with Crippen LogP contribution in [0.5, 0.6) is 11.5 Å². The summed E-state index contributed by atoms with van der Waals surface area (Å²) in [6, 6.07) is 8.76. The molecule has 1 aliphatic heterocycles. The standard InChI is InChI=1S/C23H16Cl2N2O6/c1-10-7-16(26-33-10)27-18(12-5-4-6-15(30-2)21(12)31-3)17-19(28)13-8-11(24)9-14(25)20(13)32-22(17)23(27)29/h4-9,18H,1-3H3/t18-/m1/s1. The van der Waals surface area contributed by atoms with Crippen molar-refractivity contribution in [3.05, 3.63) is 79.3 Å². The third-order valence-corrected chi connectivity index (χ3v) is 5.98. The smallest absolute Gasteiger partial charge is 0.296 e. The lowest BCUT2D eigenvalue weighted by atomic mass is 9.97. The highest BCUT2D eigenvalue weighted by atomic mass is 35.5. The molecule has 0 saturated carbocycles. The van der Waals surface area contributed by atoms with Gasteiger partial charge in [-0.2, -0.15) is 0 Å². The second-order valence-electron chi connectivity index (χ2n) is 7.39. The molecule has 1 amide bonds. The van der Waals surface area contributed by atoms with Crippen LogP contribution in [0.4, 0.5) is 5.82 Å². The maximum absolute atomic E-state index is 13.7. The van der Waals surface area contributed by atoms with Crippen LogP contribution in [0.3, 0.4) is 0 Å². The van der Waals surface area contributed by atoms with Gasteiger partial charge in [-0.15, -0.1) is 0 Å². The number of aryl methyl sites for hydroxylation is 1. The number of para-hydroxylation sites is 1. The molecule has 0 N–H and O–H groups in total. The average Bonchev–Trinajstić information content (AvgIpc) is 3.34. The molecule has 2 aromatic heterocycles. The minimum absolute atomic E-state index is 0.0766. The van der Waals surface area contributed by atoms with Gasteiger partial charge in [0.05, 0.1) is 30.2 Å². The number of carbonyl (C=O) groups is 1. The van der Waals surface area contributed by atoms with Crippen molar-refractivity contribution in [3.8, 4) is 11.5 Å². The Kier molecular flexibility index (Phi) is 5.07. The van der Waals surface area contributed by atoms with Crippen molar-refractivity contribution < 1.29 is 23.2 Å². The van der Waals surface area contributed by atoms with Crippen molar-refractivity contribution in [3.63, 3.8) is 0 Å². The van der Waals surface area contributed by atoms with Gasteiger partial charge < -0.3 is 18.4 Å². The molecule has 2 aromatic carbocycles. The Morgan fingerprint density at radius 1 is 1.09 bits per heavy atom. The van der Waals surface area contributed by atoms with Crippen molar-refractivity contribution in [2.24, 2.45) is 0 Å². The summed E-state index contributed by atoms with van der Waals surface area (Å²) in [4.78, 5) is 28.6. The maximum Gasteiger partial charge on any atom is 0.296 e. The van der Waals surface area contributed by atoms with Crippen molar-refractivity contribution in [2.75, 3.05) is 19.1 Å². The van der Waals surface area contributed by atoms with Crippen LogP contribution in [-0.4, -0.2) is 25.3 Å². The lowest BCUT2D eigenvalue weighted by Crippen LogP contribution is -2.30. The van der Waals surface area contributed by atoms with Gasteiger partial charge in [0, 0.05) is 16.7 Å². The van der Waals surface area contributed by atoms with Crippen LogP contribution in [0.2, 0.25) is 10.0 Å². The molecule has 168 valence electrons. The van der Waals surface area contributed by atoms with Crippen molar-refractivity contribution in [1.82, 2.24) is 5.16 Å². The zero-order chi connectivity index (χ0) is 23.4. The van der Waals surface area contributed by atoms with E-state index in [1.165, 1.54) is 31.3 Å². The normalized spacial score (nSPS) is 15.2. The third-order valence-electron chi connectivity index (χ3n) is 5.48. The number of anilines is 1. The fourth-order valence-electron chi connectivity index (χ4n) is 4.13. The van der Waals surface area contributed by atoms with Crippen molar-refractivity contribution in [2.45, 2.75) is 13.0 Å². The van der Waals surface area contributed by atoms with Crippen LogP contribution < -0.4 is 19.8 Å². The molecule has 4 aromatic rings. The first-order valence-electron chi connectivity index (χ1n) is 9.79. The van der Waals surface area contributed by atoms with Crippen LogP contribution in [0.1, 0.15) is 33.5 Å². The van der Waals surface area contributed by atoms with E-state index >= 15 is 0 Å². The molecule has 3 heterocycles. The number of methoxy groups -OCH3 is 2. The van der Waals surface area contributed by atoms with Crippen LogP contribution in [-0.2, 0) is 0 Å². The summed E-state index contributed by atoms with van der Waals surface area (Å²) in [7, 11) is 2.98. The molecular weight excluding hydrogens is 471 g/mol. The highest BCUT2D eigenvalue weighted by Gasteiger charge is 2.46. The zero-order valence-electron chi connectivity index (χ0n) is 17.6. The van der Waals surface area contributed by atoms with E-state index < -0.39 is 17.4 Å². The summed E-state index contributed by atoms with van der Waals surface area (Å²) in [6.07, 6.45) is 0. The lowest BCUT2D eigenvalue weighted by molar-refractivity contribution is 0.0969. The molecule has 33 heavy (non-hydrogen) atoms. The molecule has 8 nitrogen and oxygen atoms in total. The molecule has 0 aliphatic carbocycles. The summed E-state index contributed by atoms with van der Waals surface area (Å²) < 4.78 is 22.1.